The van der Waals surface area contributed by atoms with Crippen molar-refractivity contribution >= 4 is 0 Å². The van der Waals surface area contributed by atoms with E-state index in [1.807, 2.05) is 12.1 Å². The molecule has 2 nitrogen and oxygen atoms in total. The number of pyridine rings is 1. The highest BCUT2D eigenvalue weighted by Crippen LogP contribution is 2.30. The third-order valence-electron chi connectivity index (χ3n) is 2.62. The molecule has 1 aromatic carbocycles. The van der Waals surface area contributed by atoms with Crippen LogP contribution in [0.5, 0.6) is 11.6 Å². The van der Waals surface area contributed by atoms with Gasteiger partial charge in [0.2, 0.25) is 5.88 Å². The summed E-state index contributed by atoms with van der Waals surface area (Å²) in [5.74, 6) is 0.675. The Hall–Kier alpha value is -2.30. The molecule has 0 unspecified atom stereocenters. The van der Waals surface area contributed by atoms with Gasteiger partial charge < -0.3 is 4.74 Å². The lowest BCUT2D eigenvalue weighted by atomic mass is 10.1. The summed E-state index contributed by atoms with van der Waals surface area (Å²) < 4.78 is 42.8. The number of aromatic nitrogens is 1. The molecule has 0 amide bonds. The lowest BCUT2D eigenvalue weighted by Crippen LogP contribution is -2.05. The van der Waals surface area contributed by atoms with Crippen LogP contribution in [0.15, 0.2) is 55.3 Å². The summed E-state index contributed by atoms with van der Waals surface area (Å²) in [5.41, 5.74) is 0.0911. The third kappa shape index (κ3) is 3.38. The smallest absolute Gasteiger partial charge is 0.417 e. The minimum absolute atomic E-state index is 0.120. The highest BCUT2D eigenvalue weighted by atomic mass is 19.4. The minimum Gasteiger partial charge on any atom is -0.439 e. The van der Waals surface area contributed by atoms with Crippen LogP contribution in [0.25, 0.3) is 0 Å². The Morgan fingerprint density at radius 1 is 1.15 bits per heavy atom. The molecular formula is C15H12F3NO. The van der Waals surface area contributed by atoms with Crippen molar-refractivity contribution in [3.05, 3.63) is 66.4 Å². The zero-order valence-electron chi connectivity index (χ0n) is 10.5. The quantitative estimate of drug-likeness (QED) is 0.762. The van der Waals surface area contributed by atoms with E-state index in [1.165, 1.54) is 6.07 Å². The first-order valence-corrected chi connectivity index (χ1v) is 5.90. The number of benzene rings is 1. The van der Waals surface area contributed by atoms with E-state index in [1.54, 1.807) is 18.2 Å². The molecular weight excluding hydrogens is 267 g/mol. The van der Waals surface area contributed by atoms with E-state index in [9.17, 15) is 13.2 Å². The number of alkyl halides is 3. The molecule has 0 saturated heterocycles. The zero-order valence-corrected chi connectivity index (χ0v) is 10.5. The lowest BCUT2D eigenvalue weighted by Gasteiger charge is -2.10. The largest absolute Gasteiger partial charge is 0.439 e. The number of hydrogen-bond acceptors (Lipinski definition) is 2. The predicted octanol–water partition coefficient (Wildman–Crippen LogP) is 4.62. The number of rotatable bonds is 4. The second-order valence-electron chi connectivity index (χ2n) is 4.09. The second-order valence-corrected chi connectivity index (χ2v) is 4.09. The molecule has 0 spiro atoms. The molecule has 2 aromatic rings. The van der Waals surface area contributed by atoms with Gasteiger partial charge in [-0.25, -0.2) is 4.98 Å². The number of halogens is 3. The summed E-state index contributed by atoms with van der Waals surface area (Å²) in [5, 5.41) is 0. The molecule has 0 bridgehead atoms. The normalized spacial score (nSPS) is 11.2. The molecule has 0 saturated carbocycles. The maximum atomic E-state index is 12.4. The first-order chi connectivity index (χ1) is 9.50. The first-order valence-electron chi connectivity index (χ1n) is 5.90. The van der Waals surface area contributed by atoms with Gasteiger partial charge in [-0.15, -0.1) is 6.58 Å². The molecule has 2 rings (SSSR count). The van der Waals surface area contributed by atoms with Crippen LogP contribution in [0.3, 0.4) is 0 Å². The summed E-state index contributed by atoms with van der Waals surface area (Å²) in [6.07, 6.45) is -1.31. The van der Waals surface area contributed by atoms with Crippen LogP contribution in [0, 0.1) is 0 Å². The summed E-state index contributed by atoms with van der Waals surface area (Å²) >= 11 is 0. The van der Waals surface area contributed by atoms with E-state index in [4.69, 9.17) is 4.74 Å². The number of hydrogen-bond donors (Lipinski definition) is 0. The Morgan fingerprint density at radius 2 is 1.90 bits per heavy atom. The summed E-state index contributed by atoms with van der Waals surface area (Å²) in [6, 6.07) is 9.38. The molecule has 1 aromatic heterocycles. The van der Waals surface area contributed by atoms with Gasteiger partial charge in [0.05, 0.1) is 5.56 Å². The fourth-order valence-electron chi connectivity index (χ4n) is 1.65. The second kappa shape index (κ2) is 5.77. The van der Waals surface area contributed by atoms with Crippen LogP contribution in [0.4, 0.5) is 13.2 Å². The molecule has 0 aliphatic heterocycles. The van der Waals surface area contributed by atoms with E-state index in [2.05, 4.69) is 11.6 Å². The van der Waals surface area contributed by atoms with Gasteiger partial charge in [-0.1, -0.05) is 24.3 Å². The Labute approximate surface area is 114 Å². The van der Waals surface area contributed by atoms with Crippen molar-refractivity contribution < 1.29 is 17.9 Å². The maximum absolute atomic E-state index is 12.4. The van der Waals surface area contributed by atoms with Gasteiger partial charge in [0.1, 0.15) is 5.75 Å². The Kier molecular flexibility index (Phi) is 4.08. The van der Waals surface area contributed by atoms with Gasteiger partial charge in [-0.3, -0.25) is 0 Å². The van der Waals surface area contributed by atoms with Gasteiger partial charge in [-0.2, -0.15) is 13.2 Å². The summed E-state index contributed by atoms with van der Waals surface area (Å²) in [6.45, 7) is 3.65. The average molecular weight is 279 g/mol. The molecule has 5 heteroatoms. The molecule has 0 aliphatic rings. The predicted molar refractivity (Wildman–Crippen MR) is 69.7 cm³/mol. The van der Waals surface area contributed by atoms with Crippen LogP contribution in [0.2, 0.25) is 0 Å². The molecule has 0 aliphatic carbocycles. The van der Waals surface area contributed by atoms with Crippen LogP contribution < -0.4 is 4.74 Å². The van der Waals surface area contributed by atoms with Crippen LogP contribution in [-0.4, -0.2) is 4.98 Å². The van der Waals surface area contributed by atoms with E-state index in [-0.39, 0.29) is 5.88 Å². The van der Waals surface area contributed by atoms with Gasteiger partial charge in [0.15, 0.2) is 0 Å². The molecule has 0 radical (unpaired) electrons. The summed E-state index contributed by atoms with van der Waals surface area (Å²) in [7, 11) is 0. The van der Waals surface area contributed by atoms with Crippen LogP contribution in [-0.2, 0) is 12.6 Å². The fourth-order valence-corrected chi connectivity index (χ4v) is 1.65. The first kappa shape index (κ1) is 14.1. The topological polar surface area (TPSA) is 22.1 Å². The van der Waals surface area contributed by atoms with Crippen molar-refractivity contribution in [2.45, 2.75) is 12.6 Å². The van der Waals surface area contributed by atoms with Crippen LogP contribution in [0.1, 0.15) is 11.1 Å². The SMILES string of the molecule is C=CCc1ccccc1Oc1ccc(C(F)(F)F)cn1. The van der Waals surface area contributed by atoms with Gasteiger partial charge in [0.25, 0.3) is 0 Å². The molecule has 104 valence electrons. The van der Waals surface area contributed by atoms with Gasteiger partial charge >= 0.3 is 6.18 Å². The fraction of sp³-hybridized carbons (Fsp3) is 0.133. The van der Waals surface area contributed by atoms with Gasteiger partial charge in [-0.05, 0) is 24.1 Å². The molecule has 0 fully saturated rings. The van der Waals surface area contributed by atoms with E-state index >= 15 is 0 Å². The average Bonchev–Trinajstić information content (AvgIpc) is 2.41. The van der Waals surface area contributed by atoms with Crippen molar-refractivity contribution in [2.75, 3.05) is 0 Å². The van der Waals surface area contributed by atoms with Crippen molar-refractivity contribution in [3.63, 3.8) is 0 Å². The maximum Gasteiger partial charge on any atom is 0.417 e. The van der Waals surface area contributed by atoms with Crippen molar-refractivity contribution in [3.8, 4) is 11.6 Å². The number of ether oxygens (including phenoxy) is 1. The van der Waals surface area contributed by atoms with Crippen molar-refractivity contribution in [2.24, 2.45) is 0 Å². The minimum atomic E-state index is -4.40. The molecule has 0 atom stereocenters. The van der Waals surface area contributed by atoms with Crippen LogP contribution >= 0.6 is 0 Å². The Balaban J connectivity index is 2.20. The third-order valence-corrected chi connectivity index (χ3v) is 2.62. The molecule has 0 N–H and O–H groups in total. The standard InChI is InChI=1S/C15H12F3NO/c1-2-5-11-6-3-4-7-13(11)20-14-9-8-12(10-19-14)15(16,17)18/h2-4,6-10H,1,5H2. The lowest BCUT2D eigenvalue weighted by molar-refractivity contribution is -0.137. The van der Waals surface area contributed by atoms with Gasteiger partial charge in [0, 0.05) is 12.3 Å². The highest BCUT2D eigenvalue weighted by Gasteiger charge is 2.30. The van der Waals surface area contributed by atoms with E-state index in [0.29, 0.717) is 12.2 Å². The zero-order chi connectivity index (χ0) is 14.6. The Bertz CT molecular complexity index is 591. The molecule has 1 heterocycles. The number of para-hydroxylation sites is 1. The monoisotopic (exact) mass is 279 g/mol. The highest BCUT2D eigenvalue weighted by molar-refractivity contribution is 5.37. The summed E-state index contributed by atoms with van der Waals surface area (Å²) in [4.78, 5) is 3.67. The van der Waals surface area contributed by atoms with Crippen molar-refractivity contribution in [1.82, 2.24) is 4.98 Å². The van der Waals surface area contributed by atoms with Crippen molar-refractivity contribution in [1.29, 1.82) is 0 Å². The number of nitrogens with zero attached hydrogens (tertiary/aromatic N) is 1. The Morgan fingerprint density at radius 3 is 2.50 bits per heavy atom. The van der Waals surface area contributed by atoms with E-state index < -0.39 is 11.7 Å². The van der Waals surface area contributed by atoms with E-state index in [0.717, 1.165) is 17.8 Å². The molecule has 20 heavy (non-hydrogen) atoms. The number of allylic oxidation sites excluding steroid dienone is 1.